The number of amides is 2. The van der Waals surface area contributed by atoms with Crippen LogP contribution in [-0.2, 0) is 9.59 Å². The normalized spacial score (nSPS) is 16.6. The molecule has 0 atom stereocenters. The summed E-state index contributed by atoms with van der Waals surface area (Å²) in [6.07, 6.45) is 1.69. The number of ether oxygens (including phenoxy) is 2. The summed E-state index contributed by atoms with van der Waals surface area (Å²) in [5.41, 5.74) is 2.64. The number of benzene rings is 2. The van der Waals surface area contributed by atoms with Gasteiger partial charge in [0.15, 0.2) is 0 Å². The second kappa shape index (κ2) is 9.98. The van der Waals surface area contributed by atoms with E-state index in [4.69, 9.17) is 9.47 Å². The summed E-state index contributed by atoms with van der Waals surface area (Å²) in [6, 6.07) is 15.4. The number of piperazine rings is 1. The van der Waals surface area contributed by atoms with E-state index >= 15 is 0 Å². The van der Waals surface area contributed by atoms with Crippen LogP contribution in [0, 0.1) is 0 Å². The Morgan fingerprint density at radius 1 is 0.788 bits per heavy atom. The molecule has 174 valence electrons. The summed E-state index contributed by atoms with van der Waals surface area (Å²) in [7, 11) is 3.26. The van der Waals surface area contributed by atoms with E-state index in [1.807, 2.05) is 48.5 Å². The fourth-order valence-corrected chi connectivity index (χ4v) is 4.53. The van der Waals surface area contributed by atoms with Crippen molar-refractivity contribution in [2.45, 2.75) is 19.8 Å². The van der Waals surface area contributed by atoms with Crippen molar-refractivity contribution < 1.29 is 19.1 Å². The highest BCUT2D eigenvalue weighted by atomic mass is 16.5. The van der Waals surface area contributed by atoms with E-state index in [0.717, 1.165) is 37.4 Å². The fraction of sp³-hybridized carbons (Fsp3) is 0.385. The topological polar surface area (TPSA) is 62.3 Å². The van der Waals surface area contributed by atoms with Gasteiger partial charge in [-0.3, -0.25) is 14.5 Å². The summed E-state index contributed by atoms with van der Waals surface area (Å²) in [5.74, 6) is 0.981. The smallest absolute Gasteiger partial charge is 0.277 e. The van der Waals surface area contributed by atoms with Crippen LogP contribution in [0.2, 0.25) is 0 Å². The Morgan fingerprint density at radius 3 is 2.06 bits per heavy atom. The zero-order valence-electron chi connectivity index (χ0n) is 19.5. The first-order valence-corrected chi connectivity index (χ1v) is 11.5. The van der Waals surface area contributed by atoms with Crippen LogP contribution in [0.3, 0.4) is 0 Å². The van der Waals surface area contributed by atoms with Crippen molar-refractivity contribution in [3.63, 3.8) is 0 Å². The Bertz CT molecular complexity index is 1060. The van der Waals surface area contributed by atoms with Crippen LogP contribution in [0.15, 0.2) is 54.2 Å². The van der Waals surface area contributed by atoms with Crippen LogP contribution in [0.4, 0.5) is 5.69 Å². The Balaban J connectivity index is 1.66. The van der Waals surface area contributed by atoms with E-state index in [1.165, 1.54) is 4.90 Å². The number of imide groups is 1. The molecular weight excluding hydrogens is 418 g/mol. The number of carbonyl (C=O) groups excluding carboxylic acids is 2. The van der Waals surface area contributed by atoms with Crippen LogP contribution in [0.5, 0.6) is 11.5 Å². The second-order valence-corrected chi connectivity index (χ2v) is 8.19. The molecule has 2 aliphatic heterocycles. The number of anilines is 1. The highest BCUT2D eigenvalue weighted by Gasteiger charge is 2.42. The minimum Gasteiger partial charge on any atom is -0.496 e. The number of para-hydroxylation sites is 3. The van der Waals surface area contributed by atoms with Gasteiger partial charge in [-0.05, 0) is 24.6 Å². The third-order valence-corrected chi connectivity index (χ3v) is 6.28. The largest absolute Gasteiger partial charge is 0.496 e. The molecule has 1 saturated heterocycles. The highest BCUT2D eigenvalue weighted by Crippen LogP contribution is 2.37. The van der Waals surface area contributed by atoms with Crippen molar-refractivity contribution in [3.05, 3.63) is 59.8 Å². The van der Waals surface area contributed by atoms with Gasteiger partial charge >= 0.3 is 0 Å². The van der Waals surface area contributed by atoms with Gasteiger partial charge in [0, 0.05) is 38.3 Å². The van der Waals surface area contributed by atoms with Crippen LogP contribution in [0.25, 0.3) is 5.57 Å². The lowest BCUT2D eigenvalue weighted by Crippen LogP contribution is -2.47. The third-order valence-electron chi connectivity index (χ3n) is 6.28. The third kappa shape index (κ3) is 4.27. The molecule has 2 aliphatic rings. The first-order chi connectivity index (χ1) is 16.1. The molecule has 0 aromatic heterocycles. The maximum atomic E-state index is 13.5. The van der Waals surface area contributed by atoms with Crippen molar-refractivity contribution in [1.29, 1.82) is 0 Å². The van der Waals surface area contributed by atoms with E-state index < -0.39 is 0 Å². The SMILES string of the molecule is CCCCN1C(=O)C(c2ccccc2OC)=C(N2CCN(c3ccccc3OC)CC2)C1=O. The van der Waals surface area contributed by atoms with E-state index in [2.05, 4.69) is 16.7 Å². The molecule has 2 aromatic carbocycles. The number of unbranched alkanes of at least 4 members (excludes halogenated alkanes) is 1. The van der Waals surface area contributed by atoms with Crippen molar-refractivity contribution in [2.75, 3.05) is 51.8 Å². The molecule has 0 N–H and O–H groups in total. The molecule has 1 fully saturated rings. The second-order valence-electron chi connectivity index (χ2n) is 8.19. The standard InChI is InChI=1S/C26H31N3O4/c1-4-5-14-29-25(30)23(19-10-6-8-12-21(19)32-2)24(26(29)31)28-17-15-27(16-18-28)20-11-7-9-13-22(20)33-3/h6-13H,4-5,14-18H2,1-3H3. The lowest BCUT2D eigenvalue weighted by Gasteiger charge is -2.38. The number of carbonyl (C=O) groups is 2. The van der Waals surface area contributed by atoms with Crippen LogP contribution >= 0.6 is 0 Å². The minimum atomic E-state index is -0.236. The molecule has 0 unspecified atom stereocenters. The summed E-state index contributed by atoms with van der Waals surface area (Å²) in [4.78, 5) is 32.6. The van der Waals surface area contributed by atoms with Crippen LogP contribution < -0.4 is 14.4 Å². The molecule has 0 radical (unpaired) electrons. The number of hydrogen-bond donors (Lipinski definition) is 0. The molecule has 2 heterocycles. The summed E-state index contributed by atoms with van der Waals surface area (Å²) in [6.45, 7) is 5.19. The molecule has 7 heteroatoms. The van der Waals surface area contributed by atoms with Gasteiger partial charge < -0.3 is 19.3 Å². The van der Waals surface area contributed by atoms with Gasteiger partial charge in [-0.25, -0.2) is 0 Å². The molecular formula is C26H31N3O4. The highest BCUT2D eigenvalue weighted by molar-refractivity contribution is 6.36. The molecule has 2 aromatic rings. The fourth-order valence-electron chi connectivity index (χ4n) is 4.53. The van der Waals surface area contributed by atoms with Gasteiger partial charge in [-0.15, -0.1) is 0 Å². The van der Waals surface area contributed by atoms with E-state index in [0.29, 0.717) is 42.2 Å². The average Bonchev–Trinajstić information content (AvgIpc) is 3.11. The molecule has 0 saturated carbocycles. The Kier molecular flexibility index (Phi) is 6.87. The van der Waals surface area contributed by atoms with E-state index in [-0.39, 0.29) is 11.8 Å². The maximum Gasteiger partial charge on any atom is 0.277 e. The monoisotopic (exact) mass is 449 g/mol. The van der Waals surface area contributed by atoms with E-state index in [1.54, 1.807) is 14.2 Å². The van der Waals surface area contributed by atoms with Crippen LogP contribution in [0.1, 0.15) is 25.3 Å². The number of hydrogen-bond acceptors (Lipinski definition) is 6. The predicted molar refractivity (Wildman–Crippen MR) is 128 cm³/mol. The maximum absolute atomic E-state index is 13.5. The molecule has 0 spiro atoms. The molecule has 0 aliphatic carbocycles. The Morgan fingerprint density at radius 2 is 1.39 bits per heavy atom. The van der Waals surface area contributed by atoms with Crippen molar-refractivity contribution in [2.24, 2.45) is 0 Å². The molecule has 0 bridgehead atoms. The minimum absolute atomic E-state index is 0.208. The van der Waals surface area contributed by atoms with Gasteiger partial charge in [0.05, 0.1) is 25.5 Å². The molecule has 4 rings (SSSR count). The molecule has 33 heavy (non-hydrogen) atoms. The van der Waals surface area contributed by atoms with Gasteiger partial charge in [-0.2, -0.15) is 0 Å². The number of rotatable bonds is 8. The summed E-state index contributed by atoms with van der Waals surface area (Å²) in [5, 5.41) is 0. The quantitative estimate of drug-likeness (QED) is 0.576. The summed E-state index contributed by atoms with van der Waals surface area (Å²) < 4.78 is 11.1. The Labute approximate surface area is 195 Å². The van der Waals surface area contributed by atoms with Gasteiger partial charge in [0.1, 0.15) is 17.2 Å². The lowest BCUT2D eigenvalue weighted by atomic mass is 10.0. The van der Waals surface area contributed by atoms with E-state index in [9.17, 15) is 9.59 Å². The number of nitrogens with zero attached hydrogens (tertiary/aromatic N) is 3. The van der Waals surface area contributed by atoms with Crippen molar-refractivity contribution in [3.8, 4) is 11.5 Å². The summed E-state index contributed by atoms with van der Waals surface area (Å²) >= 11 is 0. The van der Waals surface area contributed by atoms with Gasteiger partial charge in [0.25, 0.3) is 11.8 Å². The van der Waals surface area contributed by atoms with Gasteiger partial charge in [0.2, 0.25) is 0 Å². The van der Waals surface area contributed by atoms with Crippen molar-refractivity contribution >= 4 is 23.1 Å². The Hall–Kier alpha value is -3.48. The average molecular weight is 450 g/mol. The molecule has 7 nitrogen and oxygen atoms in total. The first-order valence-electron chi connectivity index (χ1n) is 11.5. The van der Waals surface area contributed by atoms with Crippen LogP contribution in [-0.4, -0.2) is 68.6 Å². The zero-order chi connectivity index (χ0) is 23.4. The molecule has 2 amide bonds. The lowest BCUT2D eigenvalue weighted by molar-refractivity contribution is -0.137. The van der Waals surface area contributed by atoms with Crippen molar-refractivity contribution in [1.82, 2.24) is 9.80 Å². The van der Waals surface area contributed by atoms with Gasteiger partial charge in [-0.1, -0.05) is 43.7 Å². The first kappa shape index (κ1) is 22.7. The zero-order valence-corrected chi connectivity index (χ0v) is 19.5. The number of methoxy groups -OCH3 is 2. The predicted octanol–water partition coefficient (Wildman–Crippen LogP) is 3.41.